The fraction of sp³-hybridized carbons (Fsp3) is 0.389. The number of ether oxygens (including phenoxy) is 1. The molecular formula is C18H19N3O3S. The molecule has 1 amide bonds. The van der Waals surface area contributed by atoms with E-state index in [9.17, 15) is 4.79 Å². The number of hydrogen-bond acceptors (Lipinski definition) is 6. The number of aryl methyl sites for hydroxylation is 2. The third-order valence-corrected chi connectivity index (χ3v) is 5.39. The van der Waals surface area contributed by atoms with E-state index in [0.29, 0.717) is 28.9 Å². The SMILES string of the molecule is Cc1ccc(-c2cc(C(=O)NCC3CCCO3)c3c(C)noc3n2)s1. The second kappa shape index (κ2) is 6.57. The predicted molar refractivity (Wildman–Crippen MR) is 95.9 cm³/mol. The van der Waals surface area contributed by atoms with Crippen molar-refractivity contribution in [2.45, 2.75) is 32.8 Å². The summed E-state index contributed by atoms with van der Waals surface area (Å²) in [5.74, 6) is -0.149. The molecule has 1 aliphatic heterocycles. The summed E-state index contributed by atoms with van der Waals surface area (Å²) in [5.41, 5.74) is 2.33. The standard InChI is InChI=1S/C18H19N3O3S/c1-10-5-6-15(25-10)14-8-13(16-11(2)21-24-18(16)20-14)17(22)19-9-12-4-3-7-23-12/h5-6,8,12H,3-4,7,9H2,1-2H3,(H,19,22). The summed E-state index contributed by atoms with van der Waals surface area (Å²) in [6.45, 7) is 5.15. The van der Waals surface area contributed by atoms with Gasteiger partial charge in [-0.1, -0.05) is 5.16 Å². The number of fused-ring (bicyclic) bond motifs is 1. The van der Waals surface area contributed by atoms with E-state index < -0.39 is 0 Å². The van der Waals surface area contributed by atoms with Crippen molar-refractivity contribution >= 4 is 28.3 Å². The quantitative estimate of drug-likeness (QED) is 0.773. The Labute approximate surface area is 149 Å². The lowest BCUT2D eigenvalue weighted by Gasteiger charge is -2.11. The van der Waals surface area contributed by atoms with Gasteiger partial charge in [0.15, 0.2) is 0 Å². The molecule has 25 heavy (non-hydrogen) atoms. The number of rotatable bonds is 4. The second-order valence-electron chi connectivity index (χ2n) is 6.26. The zero-order valence-electron chi connectivity index (χ0n) is 14.2. The molecule has 1 unspecified atom stereocenters. The topological polar surface area (TPSA) is 77.2 Å². The van der Waals surface area contributed by atoms with Gasteiger partial charge in [0.05, 0.1) is 33.3 Å². The molecule has 1 saturated heterocycles. The normalized spacial score (nSPS) is 17.3. The Morgan fingerprint density at radius 1 is 1.40 bits per heavy atom. The van der Waals surface area contributed by atoms with Crippen LogP contribution in [0.2, 0.25) is 0 Å². The van der Waals surface area contributed by atoms with E-state index in [1.807, 2.05) is 32.0 Å². The maximum Gasteiger partial charge on any atom is 0.259 e. The average Bonchev–Trinajstić information content (AvgIpc) is 3.34. The van der Waals surface area contributed by atoms with Crippen LogP contribution in [0.15, 0.2) is 22.7 Å². The molecule has 3 aromatic rings. The van der Waals surface area contributed by atoms with Gasteiger partial charge in [-0.3, -0.25) is 4.79 Å². The minimum atomic E-state index is -0.149. The van der Waals surface area contributed by atoms with Crippen LogP contribution in [0, 0.1) is 13.8 Å². The number of aromatic nitrogens is 2. The molecule has 130 valence electrons. The van der Waals surface area contributed by atoms with Gasteiger partial charge in [0.25, 0.3) is 11.6 Å². The van der Waals surface area contributed by atoms with Crippen LogP contribution in [0.3, 0.4) is 0 Å². The Bertz CT molecular complexity index is 925. The maximum atomic E-state index is 12.8. The van der Waals surface area contributed by atoms with Crippen LogP contribution in [0.5, 0.6) is 0 Å². The molecular weight excluding hydrogens is 338 g/mol. The highest BCUT2D eigenvalue weighted by Crippen LogP contribution is 2.31. The van der Waals surface area contributed by atoms with Gasteiger partial charge >= 0.3 is 0 Å². The first-order valence-electron chi connectivity index (χ1n) is 8.35. The second-order valence-corrected chi connectivity index (χ2v) is 7.55. The molecule has 4 rings (SSSR count). The first-order valence-corrected chi connectivity index (χ1v) is 9.17. The van der Waals surface area contributed by atoms with Crippen LogP contribution >= 0.6 is 11.3 Å². The van der Waals surface area contributed by atoms with Gasteiger partial charge in [0.2, 0.25) is 0 Å². The summed E-state index contributed by atoms with van der Waals surface area (Å²) in [7, 11) is 0. The van der Waals surface area contributed by atoms with E-state index >= 15 is 0 Å². The van der Waals surface area contributed by atoms with Gasteiger partial charge in [-0.2, -0.15) is 0 Å². The van der Waals surface area contributed by atoms with Crippen molar-refractivity contribution in [3.63, 3.8) is 0 Å². The number of carbonyl (C=O) groups excluding carboxylic acids is 1. The van der Waals surface area contributed by atoms with Crippen molar-refractivity contribution in [2.75, 3.05) is 13.2 Å². The lowest BCUT2D eigenvalue weighted by Crippen LogP contribution is -2.32. The number of pyridine rings is 1. The molecule has 0 saturated carbocycles. The molecule has 0 bridgehead atoms. The molecule has 4 heterocycles. The fourth-order valence-corrected chi connectivity index (χ4v) is 3.91. The van der Waals surface area contributed by atoms with Crippen molar-refractivity contribution in [2.24, 2.45) is 0 Å². The molecule has 3 aromatic heterocycles. The predicted octanol–water partition coefficient (Wildman–Crippen LogP) is 3.48. The first-order chi connectivity index (χ1) is 12.1. The van der Waals surface area contributed by atoms with Crippen molar-refractivity contribution in [1.82, 2.24) is 15.5 Å². The summed E-state index contributed by atoms with van der Waals surface area (Å²) in [6, 6.07) is 5.86. The third kappa shape index (κ3) is 3.17. The number of amides is 1. The van der Waals surface area contributed by atoms with Crippen LogP contribution in [0.4, 0.5) is 0 Å². The highest BCUT2D eigenvalue weighted by Gasteiger charge is 2.21. The van der Waals surface area contributed by atoms with Gasteiger partial charge in [0.1, 0.15) is 0 Å². The molecule has 0 spiro atoms. The number of carbonyl (C=O) groups is 1. The Hall–Kier alpha value is -2.25. The molecule has 1 fully saturated rings. The number of nitrogens with zero attached hydrogens (tertiary/aromatic N) is 2. The van der Waals surface area contributed by atoms with Gasteiger partial charge in [0, 0.05) is 18.0 Å². The summed E-state index contributed by atoms with van der Waals surface area (Å²) >= 11 is 1.63. The van der Waals surface area contributed by atoms with E-state index in [1.54, 1.807) is 11.3 Å². The van der Waals surface area contributed by atoms with E-state index in [0.717, 1.165) is 30.0 Å². The number of thiophene rings is 1. The largest absolute Gasteiger partial charge is 0.376 e. The highest BCUT2D eigenvalue weighted by atomic mass is 32.1. The Balaban J connectivity index is 1.69. The molecule has 6 nitrogen and oxygen atoms in total. The lowest BCUT2D eigenvalue weighted by molar-refractivity contribution is 0.0859. The van der Waals surface area contributed by atoms with Gasteiger partial charge in [-0.25, -0.2) is 4.98 Å². The minimum Gasteiger partial charge on any atom is -0.376 e. The Morgan fingerprint density at radius 3 is 3.00 bits per heavy atom. The van der Waals surface area contributed by atoms with E-state index in [2.05, 4.69) is 15.5 Å². The summed E-state index contributed by atoms with van der Waals surface area (Å²) in [4.78, 5) is 19.5. The van der Waals surface area contributed by atoms with E-state index in [-0.39, 0.29) is 12.0 Å². The van der Waals surface area contributed by atoms with Crippen molar-refractivity contribution in [1.29, 1.82) is 0 Å². The highest BCUT2D eigenvalue weighted by molar-refractivity contribution is 7.15. The van der Waals surface area contributed by atoms with E-state index in [4.69, 9.17) is 9.26 Å². The van der Waals surface area contributed by atoms with Gasteiger partial charge in [-0.15, -0.1) is 11.3 Å². The maximum absolute atomic E-state index is 12.8. The minimum absolute atomic E-state index is 0.101. The molecule has 7 heteroatoms. The average molecular weight is 357 g/mol. The van der Waals surface area contributed by atoms with Crippen LogP contribution in [-0.4, -0.2) is 35.3 Å². The fourth-order valence-electron chi connectivity index (χ4n) is 3.08. The molecule has 0 aromatic carbocycles. The van der Waals surface area contributed by atoms with Crippen LogP contribution in [0.1, 0.15) is 33.8 Å². The zero-order valence-corrected chi connectivity index (χ0v) is 15.0. The smallest absolute Gasteiger partial charge is 0.259 e. The Morgan fingerprint density at radius 2 is 2.28 bits per heavy atom. The Kier molecular flexibility index (Phi) is 4.27. The van der Waals surface area contributed by atoms with Crippen LogP contribution in [-0.2, 0) is 4.74 Å². The molecule has 0 aliphatic carbocycles. The molecule has 1 aliphatic rings. The van der Waals surface area contributed by atoms with Crippen molar-refractivity contribution in [3.8, 4) is 10.6 Å². The van der Waals surface area contributed by atoms with Crippen molar-refractivity contribution < 1.29 is 14.1 Å². The summed E-state index contributed by atoms with van der Waals surface area (Å²) in [5, 5.41) is 7.62. The number of hydrogen-bond donors (Lipinski definition) is 1. The van der Waals surface area contributed by atoms with Crippen LogP contribution in [0.25, 0.3) is 21.7 Å². The molecule has 1 atom stereocenters. The monoisotopic (exact) mass is 357 g/mol. The van der Waals surface area contributed by atoms with Crippen molar-refractivity contribution in [3.05, 3.63) is 34.3 Å². The summed E-state index contributed by atoms with van der Waals surface area (Å²) in [6.07, 6.45) is 2.13. The lowest BCUT2D eigenvalue weighted by atomic mass is 10.1. The van der Waals surface area contributed by atoms with Gasteiger partial charge < -0.3 is 14.6 Å². The van der Waals surface area contributed by atoms with E-state index in [1.165, 1.54) is 4.88 Å². The molecule has 1 N–H and O–H groups in total. The number of nitrogens with one attached hydrogen (secondary N) is 1. The molecule has 0 radical (unpaired) electrons. The first kappa shape index (κ1) is 16.2. The van der Waals surface area contributed by atoms with Gasteiger partial charge in [-0.05, 0) is 44.9 Å². The third-order valence-electron chi connectivity index (χ3n) is 4.37. The summed E-state index contributed by atoms with van der Waals surface area (Å²) < 4.78 is 10.9. The zero-order chi connectivity index (χ0) is 17.4. The van der Waals surface area contributed by atoms with Crippen LogP contribution < -0.4 is 5.32 Å².